The molecular formula is C15H20N4O4. The highest BCUT2D eigenvalue weighted by atomic mass is 16.5. The number of rotatable bonds is 6. The highest BCUT2D eigenvalue weighted by molar-refractivity contribution is 5.86. The molecule has 2 atom stereocenters. The third kappa shape index (κ3) is 3.43. The summed E-state index contributed by atoms with van der Waals surface area (Å²) in [5.41, 5.74) is 1.70. The van der Waals surface area contributed by atoms with Crippen molar-refractivity contribution in [3.8, 4) is 0 Å². The molecule has 3 heterocycles. The van der Waals surface area contributed by atoms with Gasteiger partial charge in [-0.15, -0.1) is 0 Å². The molecule has 2 aromatic rings. The molecule has 0 radical (unpaired) electrons. The van der Waals surface area contributed by atoms with Gasteiger partial charge in [0.05, 0.1) is 18.0 Å². The monoisotopic (exact) mass is 320 g/mol. The molecule has 8 heteroatoms. The summed E-state index contributed by atoms with van der Waals surface area (Å²) in [6.07, 6.45) is 2.41. The first-order valence-electron chi connectivity index (χ1n) is 7.49. The van der Waals surface area contributed by atoms with Crippen LogP contribution in [-0.2, 0) is 17.7 Å². The zero-order chi connectivity index (χ0) is 16.4. The Kier molecular flexibility index (Phi) is 4.44. The van der Waals surface area contributed by atoms with Crippen LogP contribution in [0, 0.1) is 12.8 Å². The third-order valence-corrected chi connectivity index (χ3v) is 4.23. The quantitative estimate of drug-likeness (QED) is 0.821. The highest BCUT2D eigenvalue weighted by Gasteiger charge is 2.34. The van der Waals surface area contributed by atoms with Crippen molar-refractivity contribution in [2.24, 2.45) is 5.92 Å². The van der Waals surface area contributed by atoms with Crippen molar-refractivity contribution in [3.63, 3.8) is 0 Å². The van der Waals surface area contributed by atoms with E-state index in [-0.39, 0.29) is 17.7 Å². The fraction of sp³-hybridized carbons (Fsp3) is 0.533. The number of aryl methyl sites for hydroxylation is 1. The van der Waals surface area contributed by atoms with Gasteiger partial charge < -0.3 is 14.4 Å². The molecule has 23 heavy (non-hydrogen) atoms. The number of nitrogens with zero attached hydrogens (tertiary/aromatic N) is 3. The summed E-state index contributed by atoms with van der Waals surface area (Å²) in [5.74, 6) is 0.145. The van der Waals surface area contributed by atoms with Crippen molar-refractivity contribution in [3.05, 3.63) is 35.0 Å². The number of aromatic amines is 1. The highest BCUT2D eigenvalue weighted by Crippen LogP contribution is 2.25. The Hall–Kier alpha value is -2.19. The van der Waals surface area contributed by atoms with Crippen LogP contribution < -0.4 is 0 Å². The number of hydrogen-bond acceptors (Lipinski definition) is 6. The molecule has 1 saturated heterocycles. The lowest BCUT2D eigenvalue weighted by Crippen LogP contribution is -2.23. The number of ether oxygens (including phenoxy) is 1. The minimum absolute atomic E-state index is 0.0839. The van der Waals surface area contributed by atoms with Crippen LogP contribution in [0.1, 0.15) is 27.5 Å². The summed E-state index contributed by atoms with van der Waals surface area (Å²) in [6, 6.07) is 1.94. The van der Waals surface area contributed by atoms with Crippen molar-refractivity contribution in [2.75, 3.05) is 20.2 Å². The number of carbonyl (C=O) groups is 1. The van der Waals surface area contributed by atoms with Crippen molar-refractivity contribution < 1.29 is 19.2 Å². The molecule has 2 N–H and O–H groups in total. The molecule has 0 aliphatic carbocycles. The zero-order valence-electron chi connectivity index (χ0n) is 13.2. The Morgan fingerprint density at radius 1 is 1.57 bits per heavy atom. The Labute approximate surface area is 133 Å². The van der Waals surface area contributed by atoms with Crippen LogP contribution in [0.5, 0.6) is 0 Å². The molecule has 0 saturated carbocycles. The maximum absolute atomic E-state index is 11.2. The maximum Gasteiger partial charge on any atom is 0.354 e. The predicted molar refractivity (Wildman–Crippen MR) is 80.1 cm³/mol. The van der Waals surface area contributed by atoms with Crippen LogP contribution in [0.3, 0.4) is 0 Å². The first kappa shape index (κ1) is 15.7. The van der Waals surface area contributed by atoms with Crippen molar-refractivity contribution in [1.29, 1.82) is 0 Å². The smallest absolute Gasteiger partial charge is 0.354 e. The second-order valence-corrected chi connectivity index (χ2v) is 5.94. The molecule has 0 spiro atoms. The SMILES string of the molecule is CO[C@H]1CN(Cc2cn[nH]c2C(=O)O)C[C@H]1Cc1cc(C)no1. The topological polar surface area (TPSA) is 104 Å². The standard InChI is InChI=1S/C15H20N4O4/c1-9-3-12(23-18-9)4-10-6-19(8-13(10)22-2)7-11-5-16-17-14(11)15(20)21/h3,5,10,13H,4,6-8H2,1-2H3,(H,16,17)(H,20,21)/t10-,13+/m1/s1. The van der Waals surface area contributed by atoms with E-state index in [2.05, 4.69) is 20.3 Å². The van der Waals surface area contributed by atoms with Crippen molar-refractivity contribution in [2.45, 2.75) is 26.0 Å². The van der Waals surface area contributed by atoms with Gasteiger partial charge in [0.2, 0.25) is 0 Å². The number of hydrogen-bond donors (Lipinski definition) is 2. The number of likely N-dealkylation sites (tertiary alicyclic amines) is 1. The average Bonchev–Trinajstić information content (AvgIpc) is 3.20. The zero-order valence-corrected chi connectivity index (χ0v) is 13.2. The van der Waals surface area contributed by atoms with Gasteiger partial charge in [-0.25, -0.2) is 4.79 Å². The van der Waals surface area contributed by atoms with Gasteiger partial charge in [0.1, 0.15) is 11.5 Å². The van der Waals surface area contributed by atoms with Gasteiger partial charge in [0.15, 0.2) is 0 Å². The van der Waals surface area contributed by atoms with Gasteiger partial charge in [0.25, 0.3) is 0 Å². The number of carboxylic acids is 1. The summed E-state index contributed by atoms with van der Waals surface area (Å²) < 4.78 is 10.9. The molecule has 8 nitrogen and oxygen atoms in total. The predicted octanol–water partition coefficient (Wildman–Crippen LogP) is 1.09. The Bertz CT molecular complexity index is 681. The summed E-state index contributed by atoms with van der Waals surface area (Å²) in [7, 11) is 1.70. The summed E-state index contributed by atoms with van der Waals surface area (Å²) in [4.78, 5) is 13.3. The molecule has 0 unspecified atom stereocenters. The van der Waals surface area contributed by atoms with E-state index in [0.717, 1.165) is 31.0 Å². The fourth-order valence-corrected chi connectivity index (χ4v) is 3.15. The van der Waals surface area contributed by atoms with Gasteiger partial charge >= 0.3 is 5.97 Å². The van der Waals surface area contributed by atoms with Crippen molar-refractivity contribution >= 4 is 5.97 Å². The normalized spacial score (nSPS) is 21.8. The van der Waals surface area contributed by atoms with E-state index in [0.29, 0.717) is 12.1 Å². The van der Waals surface area contributed by atoms with Gasteiger partial charge in [-0.3, -0.25) is 10.00 Å². The number of aromatic nitrogens is 3. The first-order chi connectivity index (χ1) is 11.1. The summed E-state index contributed by atoms with van der Waals surface area (Å²) >= 11 is 0. The second-order valence-electron chi connectivity index (χ2n) is 5.94. The summed E-state index contributed by atoms with van der Waals surface area (Å²) in [6.45, 7) is 3.99. The first-order valence-corrected chi connectivity index (χ1v) is 7.49. The van der Waals surface area contributed by atoms with Gasteiger partial charge in [-0.05, 0) is 6.92 Å². The van der Waals surface area contributed by atoms with Crippen LogP contribution >= 0.6 is 0 Å². The van der Waals surface area contributed by atoms with Crippen LogP contribution in [0.25, 0.3) is 0 Å². The average molecular weight is 320 g/mol. The third-order valence-electron chi connectivity index (χ3n) is 4.23. The molecule has 1 aliphatic rings. The van der Waals surface area contributed by atoms with E-state index in [1.807, 2.05) is 13.0 Å². The maximum atomic E-state index is 11.2. The Morgan fingerprint density at radius 2 is 2.39 bits per heavy atom. The molecule has 1 fully saturated rings. The Morgan fingerprint density at radius 3 is 3.04 bits per heavy atom. The summed E-state index contributed by atoms with van der Waals surface area (Å²) in [5, 5.41) is 19.4. The fourth-order valence-electron chi connectivity index (χ4n) is 3.15. The van der Waals surface area contributed by atoms with Gasteiger partial charge in [-0.1, -0.05) is 5.16 Å². The number of H-pyrrole nitrogens is 1. The number of carboxylic acid groups (broad SMARTS) is 1. The second kappa shape index (κ2) is 6.51. The van der Waals surface area contributed by atoms with E-state index in [1.54, 1.807) is 13.3 Å². The minimum Gasteiger partial charge on any atom is -0.477 e. The number of methoxy groups -OCH3 is 1. The molecule has 0 amide bonds. The van der Waals surface area contributed by atoms with Crippen LogP contribution in [0.4, 0.5) is 0 Å². The van der Waals surface area contributed by atoms with E-state index >= 15 is 0 Å². The van der Waals surface area contributed by atoms with Crippen LogP contribution in [0.2, 0.25) is 0 Å². The molecule has 124 valence electrons. The van der Waals surface area contributed by atoms with E-state index in [9.17, 15) is 4.79 Å². The van der Waals surface area contributed by atoms with Crippen LogP contribution in [0.15, 0.2) is 16.8 Å². The van der Waals surface area contributed by atoms with E-state index in [1.165, 1.54) is 0 Å². The molecule has 1 aliphatic heterocycles. The lowest BCUT2D eigenvalue weighted by molar-refractivity contribution is 0.0687. The van der Waals surface area contributed by atoms with Gasteiger partial charge in [-0.2, -0.15) is 5.10 Å². The Balaban J connectivity index is 1.66. The van der Waals surface area contributed by atoms with Crippen LogP contribution in [-0.4, -0.2) is 57.6 Å². The molecule has 3 rings (SSSR count). The minimum atomic E-state index is -0.992. The van der Waals surface area contributed by atoms with E-state index in [4.69, 9.17) is 14.4 Å². The van der Waals surface area contributed by atoms with Gasteiger partial charge in [0, 0.05) is 50.7 Å². The van der Waals surface area contributed by atoms with E-state index < -0.39 is 5.97 Å². The number of aromatic carboxylic acids is 1. The molecule has 0 aromatic carbocycles. The van der Waals surface area contributed by atoms with Crippen molar-refractivity contribution in [1.82, 2.24) is 20.3 Å². The molecule has 0 bridgehead atoms. The lowest BCUT2D eigenvalue weighted by atomic mass is 10.0. The largest absolute Gasteiger partial charge is 0.477 e. The lowest BCUT2D eigenvalue weighted by Gasteiger charge is -2.14. The molecule has 2 aromatic heterocycles. The number of nitrogens with one attached hydrogen (secondary N) is 1. The molecular weight excluding hydrogens is 300 g/mol.